The Morgan fingerprint density at radius 2 is 1.78 bits per heavy atom. The van der Waals surface area contributed by atoms with Crippen LogP contribution in [0.2, 0.25) is 0 Å². The number of aryl methyl sites for hydroxylation is 2. The van der Waals surface area contributed by atoms with Gasteiger partial charge in [-0.05, 0) is 44.2 Å². The summed E-state index contributed by atoms with van der Waals surface area (Å²) in [6.07, 6.45) is 4.88. The quantitative estimate of drug-likeness (QED) is 0.518. The van der Waals surface area contributed by atoms with Gasteiger partial charge in [0.1, 0.15) is 12.3 Å². The van der Waals surface area contributed by atoms with Crippen LogP contribution < -0.4 is 4.74 Å². The first-order valence-corrected chi connectivity index (χ1v) is 8.71. The zero-order valence-corrected chi connectivity index (χ0v) is 18.0. The summed E-state index contributed by atoms with van der Waals surface area (Å²) in [6.45, 7) is 10.6. The first kappa shape index (κ1) is 21.1. The summed E-state index contributed by atoms with van der Waals surface area (Å²) < 4.78 is 12.7. The van der Waals surface area contributed by atoms with Gasteiger partial charge in [0.05, 0.1) is 40.0 Å². The van der Waals surface area contributed by atoms with Gasteiger partial charge in [0, 0.05) is 39.1 Å². The van der Waals surface area contributed by atoms with Crippen LogP contribution in [0.1, 0.15) is 36.8 Å². The molecular weight excluding hydrogens is 363 g/mol. The second-order valence-electron chi connectivity index (χ2n) is 6.89. The van der Waals surface area contributed by atoms with Gasteiger partial charge < -0.3 is 14.0 Å². The van der Waals surface area contributed by atoms with Crippen LogP contribution in [0, 0.1) is 13.8 Å². The van der Waals surface area contributed by atoms with Gasteiger partial charge in [-0.2, -0.15) is 0 Å². The molecule has 1 aromatic carbocycles. The number of benzene rings is 1. The Balaban J connectivity index is 0.00000264. The van der Waals surface area contributed by atoms with Gasteiger partial charge in [0.2, 0.25) is 0 Å². The summed E-state index contributed by atoms with van der Waals surface area (Å²) in [7, 11) is 2.38. The fourth-order valence-corrected chi connectivity index (χ4v) is 3.24. The van der Waals surface area contributed by atoms with Crippen molar-refractivity contribution in [3.63, 3.8) is 0 Å². The second-order valence-corrected chi connectivity index (χ2v) is 6.89. The zero-order valence-electron chi connectivity index (χ0n) is 15.1. The summed E-state index contributed by atoms with van der Waals surface area (Å²) in [6, 6.07) is 6.33. The molecule has 1 heterocycles. The van der Waals surface area contributed by atoms with Crippen LogP contribution in [0.15, 0.2) is 18.2 Å². The van der Waals surface area contributed by atoms with E-state index in [0.717, 1.165) is 32.0 Å². The van der Waals surface area contributed by atoms with Crippen LogP contribution >= 0.6 is 0 Å². The molecule has 0 aliphatic carbocycles. The average Bonchev–Trinajstić information content (AvgIpc) is 2.70. The third kappa shape index (κ3) is 7.21. The molecule has 1 aromatic rings. The van der Waals surface area contributed by atoms with E-state index in [4.69, 9.17) is 9.47 Å². The Labute approximate surface area is 167 Å². The van der Waals surface area contributed by atoms with Crippen LogP contribution in [0.4, 0.5) is 0 Å². The Morgan fingerprint density at radius 3 is 2.52 bits per heavy atom. The van der Waals surface area contributed by atoms with Crippen molar-refractivity contribution in [3.8, 4) is 5.75 Å². The molecule has 0 N–H and O–H groups in total. The molecule has 127 valence electrons. The summed E-state index contributed by atoms with van der Waals surface area (Å²) >= 11 is 0. The van der Waals surface area contributed by atoms with E-state index in [9.17, 15) is 0 Å². The first-order valence-electron chi connectivity index (χ1n) is 8.71. The fraction of sp³-hybridized carbons (Fsp3) is 0.684. The summed E-state index contributed by atoms with van der Waals surface area (Å²) in [4.78, 5) is 0. The third-order valence-corrected chi connectivity index (χ3v) is 4.76. The molecule has 1 aliphatic heterocycles. The molecule has 1 aliphatic rings. The van der Waals surface area contributed by atoms with E-state index in [-0.39, 0.29) is 32.7 Å². The number of unbranched alkanes of at least 4 members (excludes halogenated alkanes) is 2. The molecule has 1 atom stereocenters. The van der Waals surface area contributed by atoms with Crippen LogP contribution in [-0.2, 0) is 37.4 Å². The van der Waals surface area contributed by atoms with Gasteiger partial charge >= 0.3 is 0 Å². The molecule has 2 rings (SSSR count). The van der Waals surface area contributed by atoms with Crippen molar-refractivity contribution < 1.29 is 46.7 Å². The molecule has 0 aromatic heterocycles. The van der Waals surface area contributed by atoms with Crippen molar-refractivity contribution in [2.24, 2.45) is 0 Å². The van der Waals surface area contributed by atoms with Crippen LogP contribution in [0.25, 0.3) is 0 Å². The topological polar surface area (TPSA) is 18.5 Å². The van der Waals surface area contributed by atoms with Crippen molar-refractivity contribution >= 4 is 0 Å². The predicted molar refractivity (Wildman–Crippen MR) is 91.5 cm³/mol. The van der Waals surface area contributed by atoms with E-state index < -0.39 is 0 Å². The number of nitrogens with zero attached hydrogens (tertiary/aromatic N) is 1. The summed E-state index contributed by atoms with van der Waals surface area (Å²) in [5, 5.41) is 0. The van der Waals surface area contributed by atoms with E-state index in [1.165, 1.54) is 54.5 Å². The third-order valence-electron chi connectivity index (χ3n) is 4.76. The molecule has 23 heavy (non-hydrogen) atoms. The zero-order chi connectivity index (χ0) is 15.8. The smallest absolute Gasteiger partial charge is 0.125 e. The Morgan fingerprint density at radius 1 is 1.04 bits per heavy atom. The minimum Gasteiger partial charge on any atom is -0.493 e. The number of hydrogen-bond acceptors (Lipinski definition) is 2. The Hall–Kier alpha value is 0.0439. The number of hydrogen-bond donors (Lipinski definition) is 0. The summed E-state index contributed by atoms with van der Waals surface area (Å²) in [5.41, 5.74) is 2.48. The van der Waals surface area contributed by atoms with Crippen molar-refractivity contribution in [1.82, 2.24) is 0 Å². The van der Waals surface area contributed by atoms with E-state index in [1.54, 1.807) is 0 Å². The van der Waals surface area contributed by atoms with Crippen LogP contribution in [0.5, 0.6) is 5.75 Å². The van der Waals surface area contributed by atoms with Crippen molar-refractivity contribution in [1.29, 1.82) is 0 Å². The molecule has 1 radical (unpaired) electrons. The fourth-order valence-electron chi connectivity index (χ4n) is 3.24. The van der Waals surface area contributed by atoms with E-state index in [0.29, 0.717) is 0 Å². The normalized spacial score (nSPS) is 21.3. The molecule has 4 heteroatoms. The molecule has 0 spiro atoms. The van der Waals surface area contributed by atoms with Crippen molar-refractivity contribution in [2.45, 2.75) is 39.5 Å². The number of rotatable bonds is 7. The Kier molecular flexibility index (Phi) is 9.92. The molecule has 1 saturated heterocycles. The minimum absolute atomic E-state index is 0. The molecule has 0 bridgehead atoms. The van der Waals surface area contributed by atoms with Gasteiger partial charge in [-0.25, -0.2) is 0 Å². The maximum Gasteiger partial charge on any atom is 0.125 e. The van der Waals surface area contributed by atoms with E-state index >= 15 is 0 Å². The molecular formula is C19H32NO2Y+. The van der Waals surface area contributed by atoms with Crippen molar-refractivity contribution in [2.75, 3.05) is 46.5 Å². The molecule has 3 nitrogen and oxygen atoms in total. The number of likely N-dealkylation sites (N-methyl/N-ethyl adjacent to an activating group) is 1. The largest absolute Gasteiger partial charge is 0.493 e. The Bertz CT molecular complexity index is 436. The van der Waals surface area contributed by atoms with Gasteiger partial charge in [0.25, 0.3) is 0 Å². The standard InChI is InChI=1S/C19H32NO2.Y/c1-17-9-7-10-18(2)19(17)22-15-6-4-5-11-20(3)12-8-14-21-16-13-20;/h7,9-10H,4-6,8,11-16H2,1-3H3;/q+1;. The molecule has 1 unspecified atom stereocenters. The van der Waals surface area contributed by atoms with Gasteiger partial charge in [-0.1, -0.05) is 18.2 Å². The molecule has 1 fully saturated rings. The van der Waals surface area contributed by atoms with Crippen LogP contribution in [0.3, 0.4) is 0 Å². The average molecular weight is 395 g/mol. The second kappa shape index (κ2) is 10.8. The number of quaternary nitrogens is 1. The first-order chi connectivity index (χ1) is 10.6. The predicted octanol–water partition coefficient (Wildman–Crippen LogP) is 3.72. The van der Waals surface area contributed by atoms with Gasteiger partial charge in [0.15, 0.2) is 0 Å². The van der Waals surface area contributed by atoms with E-state index in [2.05, 4.69) is 39.1 Å². The van der Waals surface area contributed by atoms with Gasteiger partial charge in [-0.3, -0.25) is 0 Å². The van der Waals surface area contributed by atoms with Crippen molar-refractivity contribution in [3.05, 3.63) is 29.3 Å². The SMILES string of the molecule is Cc1cccc(C)c1OCCCCC[N+]1(C)CCCOCC1.[Y]. The number of ether oxygens (including phenoxy) is 2. The monoisotopic (exact) mass is 395 g/mol. The minimum atomic E-state index is 0. The molecule has 0 amide bonds. The van der Waals surface area contributed by atoms with E-state index in [1.807, 2.05) is 0 Å². The van der Waals surface area contributed by atoms with Gasteiger partial charge in [-0.15, -0.1) is 0 Å². The van der Waals surface area contributed by atoms with Crippen LogP contribution in [-0.4, -0.2) is 51.0 Å². The number of para-hydroxylation sites is 1. The maximum absolute atomic E-state index is 5.98. The molecule has 0 saturated carbocycles. The maximum atomic E-state index is 5.98. The summed E-state index contributed by atoms with van der Waals surface area (Å²) in [5.74, 6) is 1.08.